The normalized spacial score (nSPS) is 14.5. The summed E-state index contributed by atoms with van der Waals surface area (Å²) in [6.45, 7) is 5.39. The monoisotopic (exact) mass is 427 g/mol. The number of nitrogens with one attached hydrogen (secondary N) is 2. The van der Waals surface area contributed by atoms with Crippen molar-refractivity contribution in [1.82, 2.24) is 25.4 Å². The Balaban J connectivity index is 0.00000196. The summed E-state index contributed by atoms with van der Waals surface area (Å²) < 4.78 is 1.79. The van der Waals surface area contributed by atoms with Gasteiger partial charge in [0.05, 0.1) is 11.3 Å². The second kappa shape index (κ2) is 12.0. The van der Waals surface area contributed by atoms with Crippen LogP contribution in [0.1, 0.15) is 60.3 Å². The lowest BCUT2D eigenvalue weighted by molar-refractivity contribution is 0.0953. The van der Waals surface area contributed by atoms with Crippen molar-refractivity contribution in [2.75, 3.05) is 13.1 Å². The molecule has 0 unspecified atom stereocenters. The Morgan fingerprint density at radius 3 is 2.39 bits per heavy atom. The molecular formula is C20H31Cl2N5O. The predicted octanol–water partition coefficient (Wildman–Crippen LogP) is 3.77. The molecule has 1 fully saturated rings. The molecule has 2 N–H and O–H groups in total. The Hall–Kier alpha value is -1.63. The van der Waals surface area contributed by atoms with Crippen LogP contribution in [0.5, 0.6) is 0 Å². The average Bonchev–Trinajstić information content (AvgIpc) is 2.84. The topological polar surface area (TPSA) is 71.8 Å². The Bertz CT molecular complexity index is 725. The van der Waals surface area contributed by atoms with E-state index in [-0.39, 0.29) is 30.7 Å². The summed E-state index contributed by atoms with van der Waals surface area (Å²) in [5.74, 6) is 0.641. The van der Waals surface area contributed by atoms with Crippen LogP contribution in [-0.4, -0.2) is 39.8 Å². The third kappa shape index (κ3) is 6.76. The maximum Gasteiger partial charge on any atom is 0.252 e. The third-order valence-electron chi connectivity index (χ3n) is 4.94. The molecule has 1 saturated carbocycles. The molecule has 0 saturated heterocycles. The van der Waals surface area contributed by atoms with Crippen LogP contribution in [0.15, 0.2) is 24.4 Å². The number of aryl methyl sites for hydroxylation is 2. The lowest BCUT2D eigenvalue weighted by Crippen LogP contribution is -2.36. The molecule has 28 heavy (non-hydrogen) atoms. The molecule has 0 spiro atoms. The van der Waals surface area contributed by atoms with Gasteiger partial charge in [0.15, 0.2) is 5.82 Å². The van der Waals surface area contributed by atoms with Gasteiger partial charge in [0.2, 0.25) is 0 Å². The van der Waals surface area contributed by atoms with Crippen LogP contribution in [-0.2, 0) is 0 Å². The van der Waals surface area contributed by atoms with Gasteiger partial charge in [0.25, 0.3) is 5.91 Å². The number of aromatic nitrogens is 3. The van der Waals surface area contributed by atoms with Crippen molar-refractivity contribution < 1.29 is 4.79 Å². The minimum Gasteiger partial charge on any atom is -0.351 e. The summed E-state index contributed by atoms with van der Waals surface area (Å²) in [7, 11) is 0. The molecule has 3 rings (SSSR count). The first-order valence-electron chi connectivity index (χ1n) is 9.65. The molecule has 0 atom stereocenters. The number of carbonyl (C=O) groups is 1. The van der Waals surface area contributed by atoms with Crippen molar-refractivity contribution >= 4 is 30.7 Å². The van der Waals surface area contributed by atoms with Gasteiger partial charge in [0.1, 0.15) is 0 Å². The van der Waals surface area contributed by atoms with E-state index in [4.69, 9.17) is 0 Å². The van der Waals surface area contributed by atoms with Crippen LogP contribution < -0.4 is 10.6 Å². The van der Waals surface area contributed by atoms with Crippen molar-refractivity contribution in [2.45, 2.75) is 58.4 Å². The summed E-state index contributed by atoms with van der Waals surface area (Å²) >= 11 is 0. The molecule has 1 aliphatic carbocycles. The van der Waals surface area contributed by atoms with Crippen LogP contribution in [0.4, 0.5) is 0 Å². The zero-order valence-corrected chi connectivity index (χ0v) is 18.2. The summed E-state index contributed by atoms with van der Waals surface area (Å²) in [5.41, 5.74) is 2.55. The fourth-order valence-electron chi connectivity index (χ4n) is 3.54. The second-order valence-electron chi connectivity index (χ2n) is 7.14. The summed E-state index contributed by atoms with van der Waals surface area (Å²) in [5, 5.41) is 10.9. The number of amides is 1. The summed E-state index contributed by atoms with van der Waals surface area (Å²) in [6.07, 6.45) is 9.47. The smallest absolute Gasteiger partial charge is 0.252 e. The van der Waals surface area contributed by atoms with Gasteiger partial charge in [0, 0.05) is 31.0 Å². The van der Waals surface area contributed by atoms with E-state index in [1.807, 2.05) is 26.0 Å². The molecule has 6 nitrogen and oxygen atoms in total. The van der Waals surface area contributed by atoms with E-state index in [0.717, 1.165) is 23.8 Å². The molecule has 0 radical (unpaired) electrons. The molecule has 0 aromatic carbocycles. The van der Waals surface area contributed by atoms with Gasteiger partial charge in [-0.15, -0.1) is 24.8 Å². The highest BCUT2D eigenvalue weighted by Crippen LogP contribution is 2.16. The lowest BCUT2D eigenvalue weighted by Gasteiger charge is -2.16. The molecule has 2 aromatic heterocycles. The van der Waals surface area contributed by atoms with Gasteiger partial charge < -0.3 is 10.6 Å². The first kappa shape index (κ1) is 24.4. The quantitative estimate of drug-likeness (QED) is 0.543. The maximum absolute atomic E-state index is 12.3. The minimum absolute atomic E-state index is 0. The van der Waals surface area contributed by atoms with Gasteiger partial charge in [-0.2, -0.15) is 5.10 Å². The molecule has 156 valence electrons. The molecule has 0 aliphatic heterocycles. The molecule has 8 heteroatoms. The Kier molecular flexibility index (Phi) is 10.5. The number of halogens is 2. The van der Waals surface area contributed by atoms with Gasteiger partial charge >= 0.3 is 0 Å². The predicted molar refractivity (Wildman–Crippen MR) is 117 cm³/mol. The van der Waals surface area contributed by atoms with Crippen LogP contribution in [0.2, 0.25) is 0 Å². The van der Waals surface area contributed by atoms with Crippen molar-refractivity contribution in [2.24, 2.45) is 0 Å². The summed E-state index contributed by atoms with van der Waals surface area (Å²) in [6, 6.07) is 6.24. The lowest BCUT2D eigenvalue weighted by atomic mass is 10.1. The van der Waals surface area contributed by atoms with Crippen molar-refractivity contribution in [3.8, 4) is 5.82 Å². The largest absolute Gasteiger partial charge is 0.351 e. The fraction of sp³-hybridized carbons (Fsp3) is 0.550. The molecular weight excluding hydrogens is 397 g/mol. The fourth-order valence-corrected chi connectivity index (χ4v) is 3.54. The second-order valence-corrected chi connectivity index (χ2v) is 7.14. The number of carbonyl (C=O) groups excluding carboxylic acids is 1. The van der Waals surface area contributed by atoms with E-state index in [1.54, 1.807) is 16.9 Å². The highest BCUT2D eigenvalue weighted by molar-refractivity contribution is 5.93. The SMILES string of the molecule is Cc1cc(C)n(-c2ccc(C(=O)NCCNC3CCCCCC3)cn2)n1.Cl.Cl. The van der Waals surface area contributed by atoms with Gasteiger partial charge in [-0.25, -0.2) is 9.67 Å². The van der Waals surface area contributed by atoms with Gasteiger partial charge in [-0.3, -0.25) is 4.79 Å². The van der Waals surface area contributed by atoms with Crippen molar-refractivity contribution in [3.63, 3.8) is 0 Å². The van der Waals surface area contributed by atoms with Gasteiger partial charge in [-0.1, -0.05) is 25.7 Å². The third-order valence-corrected chi connectivity index (χ3v) is 4.94. The Morgan fingerprint density at radius 1 is 1.11 bits per heavy atom. The van der Waals surface area contributed by atoms with E-state index in [0.29, 0.717) is 18.2 Å². The van der Waals surface area contributed by atoms with E-state index >= 15 is 0 Å². The first-order valence-corrected chi connectivity index (χ1v) is 9.65. The van der Waals surface area contributed by atoms with E-state index in [9.17, 15) is 4.79 Å². The Labute approximate surface area is 179 Å². The molecule has 0 bridgehead atoms. The number of rotatable bonds is 6. The first-order chi connectivity index (χ1) is 12.6. The maximum atomic E-state index is 12.3. The van der Waals surface area contributed by atoms with E-state index in [2.05, 4.69) is 20.7 Å². The minimum atomic E-state index is -0.0833. The molecule has 1 amide bonds. The van der Waals surface area contributed by atoms with E-state index in [1.165, 1.54) is 38.5 Å². The van der Waals surface area contributed by atoms with Crippen LogP contribution in [0.25, 0.3) is 5.82 Å². The zero-order valence-electron chi connectivity index (χ0n) is 16.6. The van der Waals surface area contributed by atoms with Crippen LogP contribution in [0, 0.1) is 13.8 Å². The van der Waals surface area contributed by atoms with Gasteiger partial charge in [-0.05, 0) is 44.9 Å². The molecule has 2 aromatic rings. The van der Waals surface area contributed by atoms with Crippen LogP contribution >= 0.6 is 24.8 Å². The number of hydrogen-bond donors (Lipinski definition) is 2. The Morgan fingerprint density at radius 2 is 1.82 bits per heavy atom. The summed E-state index contributed by atoms with van der Waals surface area (Å²) in [4.78, 5) is 16.6. The standard InChI is InChI=1S/C20H29N5O.2ClH/c1-15-13-16(2)25(24-15)19-10-9-17(14-23-19)20(26)22-12-11-21-18-7-5-3-4-6-8-18;;/h9-10,13-14,18,21H,3-8,11-12H2,1-2H3,(H,22,26);2*1H. The van der Waals surface area contributed by atoms with Crippen molar-refractivity contribution in [3.05, 3.63) is 41.3 Å². The number of hydrogen-bond acceptors (Lipinski definition) is 4. The number of pyridine rings is 1. The molecule has 2 heterocycles. The molecule has 1 aliphatic rings. The van der Waals surface area contributed by atoms with Crippen LogP contribution in [0.3, 0.4) is 0 Å². The highest BCUT2D eigenvalue weighted by Gasteiger charge is 2.12. The average molecular weight is 428 g/mol. The highest BCUT2D eigenvalue weighted by atomic mass is 35.5. The zero-order chi connectivity index (χ0) is 18.4. The van der Waals surface area contributed by atoms with Crippen molar-refractivity contribution in [1.29, 1.82) is 0 Å². The van der Waals surface area contributed by atoms with E-state index < -0.39 is 0 Å². The number of nitrogens with zero attached hydrogens (tertiary/aromatic N) is 3.